The molecule has 0 aliphatic rings. The number of esters is 2. The lowest BCUT2D eigenvalue weighted by Gasteiger charge is -2.15. The maximum absolute atomic E-state index is 12.2. The highest BCUT2D eigenvalue weighted by Gasteiger charge is 2.16. The monoisotopic (exact) mass is 805 g/mol. The summed E-state index contributed by atoms with van der Waals surface area (Å²) in [6, 6.07) is 0. The summed E-state index contributed by atoms with van der Waals surface area (Å²) in [6.07, 6.45) is 58.8. The minimum Gasteiger partial charge on any atom is -0.462 e. The van der Waals surface area contributed by atoms with Crippen LogP contribution in [-0.4, -0.2) is 36.4 Å². The molecular formula is C52H100O5. The second kappa shape index (κ2) is 49.0. The highest BCUT2D eigenvalue weighted by molar-refractivity contribution is 5.70. The number of allylic oxidation sites excluding steroid dienone is 2. The number of ether oxygens (including phenoxy) is 2. The Balaban J connectivity index is 3.43. The molecule has 1 N–H and O–H groups in total. The van der Waals surface area contributed by atoms with Crippen molar-refractivity contribution in [1.82, 2.24) is 0 Å². The topological polar surface area (TPSA) is 72.8 Å². The zero-order chi connectivity index (χ0) is 41.4. The number of aliphatic hydroxyl groups is 1. The van der Waals surface area contributed by atoms with Crippen LogP contribution in [0.3, 0.4) is 0 Å². The molecule has 338 valence electrons. The van der Waals surface area contributed by atoms with Gasteiger partial charge in [0.1, 0.15) is 6.61 Å². The Morgan fingerprint density at radius 3 is 0.947 bits per heavy atom. The minimum atomic E-state index is -0.768. The fraction of sp³-hybridized carbons (Fsp3) is 0.923. The first-order valence-corrected chi connectivity index (χ1v) is 25.7. The van der Waals surface area contributed by atoms with E-state index >= 15 is 0 Å². The molecule has 0 aliphatic heterocycles. The summed E-state index contributed by atoms with van der Waals surface area (Å²) >= 11 is 0. The standard InChI is InChI=1S/C52H100O5/c1-3-5-7-9-11-13-15-17-19-21-23-24-25-26-27-28-29-31-32-34-36-38-40-42-44-46-51(54)56-49-50(48-53)57-52(55)47-45-43-41-39-37-35-33-30-22-20-18-16-14-12-10-8-6-4-2/h20,22,50,53H,3-19,21,23-49H2,1-2H3/b22-20-. The maximum Gasteiger partial charge on any atom is 0.306 e. The Morgan fingerprint density at radius 1 is 0.386 bits per heavy atom. The third-order valence-electron chi connectivity index (χ3n) is 11.8. The van der Waals surface area contributed by atoms with Gasteiger partial charge in [-0.05, 0) is 38.5 Å². The van der Waals surface area contributed by atoms with Crippen LogP contribution >= 0.6 is 0 Å². The van der Waals surface area contributed by atoms with E-state index in [4.69, 9.17) is 9.47 Å². The summed E-state index contributed by atoms with van der Waals surface area (Å²) in [6.45, 7) is 4.18. The second-order valence-electron chi connectivity index (χ2n) is 17.6. The number of unbranched alkanes of at least 4 members (excludes halogenated alkanes) is 38. The predicted molar refractivity (Wildman–Crippen MR) is 247 cm³/mol. The van der Waals surface area contributed by atoms with Gasteiger partial charge in [0.15, 0.2) is 6.10 Å². The molecule has 5 nitrogen and oxygen atoms in total. The molecule has 0 aromatic heterocycles. The molecule has 0 fully saturated rings. The van der Waals surface area contributed by atoms with Gasteiger partial charge in [-0.25, -0.2) is 0 Å². The first-order chi connectivity index (χ1) is 28.1. The van der Waals surface area contributed by atoms with Crippen LogP contribution in [0.15, 0.2) is 12.2 Å². The lowest BCUT2D eigenvalue weighted by atomic mass is 10.0. The SMILES string of the molecule is CCCCCCCCC/C=C\CCCCCCCCCC(=O)OC(CO)COC(=O)CCCCCCCCCCCCCCCCCCCCCCCCCCC. The number of hydrogen-bond donors (Lipinski definition) is 1. The highest BCUT2D eigenvalue weighted by atomic mass is 16.6. The maximum atomic E-state index is 12.2. The van der Waals surface area contributed by atoms with Gasteiger partial charge in [-0.1, -0.05) is 251 Å². The number of carbonyl (C=O) groups excluding carboxylic acids is 2. The van der Waals surface area contributed by atoms with Gasteiger partial charge in [-0.15, -0.1) is 0 Å². The Hall–Kier alpha value is -1.36. The number of rotatable bonds is 48. The van der Waals surface area contributed by atoms with E-state index in [9.17, 15) is 14.7 Å². The molecule has 0 aromatic rings. The third-order valence-corrected chi connectivity index (χ3v) is 11.8. The van der Waals surface area contributed by atoms with E-state index < -0.39 is 6.10 Å². The lowest BCUT2D eigenvalue weighted by molar-refractivity contribution is -0.161. The van der Waals surface area contributed by atoms with E-state index in [2.05, 4.69) is 26.0 Å². The van der Waals surface area contributed by atoms with Crippen molar-refractivity contribution in [2.24, 2.45) is 0 Å². The van der Waals surface area contributed by atoms with Gasteiger partial charge in [-0.2, -0.15) is 0 Å². The molecule has 0 amide bonds. The molecule has 0 radical (unpaired) electrons. The summed E-state index contributed by atoms with van der Waals surface area (Å²) in [7, 11) is 0. The normalized spacial score (nSPS) is 12.1. The first kappa shape index (κ1) is 55.6. The van der Waals surface area contributed by atoms with Gasteiger partial charge in [0, 0.05) is 12.8 Å². The van der Waals surface area contributed by atoms with Crippen LogP contribution in [0, 0.1) is 0 Å². The van der Waals surface area contributed by atoms with Crippen LogP contribution in [0.5, 0.6) is 0 Å². The summed E-state index contributed by atoms with van der Waals surface area (Å²) in [4.78, 5) is 24.4. The van der Waals surface area contributed by atoms with Crippen molar-refractivity contribution in [1.29, 1.82) is 0 Å². The van der Waals surface area contributed by atoms with E-state index in [1.165, 1.54) is 231 Å². The molecule has 0 bridgehead atoms. The summed E-state index contributed by atoms with van der Waals surface area (Å²) in [5, 5.41) is 9.62. The smallest absolute Gasteiger partial charge is 0.306 e. The van der Waals surface area contributed by atoms with Gasteiger partial charge in [0.25, 0.3) is 0 Å². The van der Waals surface area contributed by atoms with Crippen molar-refractivity contribution in [2.45, 2.75) is 296 Å². The van der Waals surface area contributed by atoms with Crippen molar-refractivity contribution in [3.63, 3.8) is 0 Å². The molecule has 0 aliphatic carbocycles. The zero-order valence-corrected chi connectivity index (χ0v) is 38.6. The van der Waals surface area contributed by atoms with Crippen LogP contribution in [0.2, 0.25) is 0 Å². The molecule has 0 spiro atoms. The molecular weight excluding hydrogens is 705 g/mol. The van der Waals surface area contributed by atoms with Crippen LogP contribution in [0.1, 0.15) is 290 Å². The fourth-order valence-corrected chi connectivity index (χ4v) is 7.91. The van der Waals surface area contributed by atoms with Crippen molar-refractivity contribution in [2.75, 3.05) is 13.2 Å². The van der Waals surface area contributed by atoms with E-state index in [0.717, 1.165) is 32.1 Å². The molecule has 1 unspecified atom stereocenters. The molecule has 0 aromatic carbocycles. The predicted octanol–water partition coefficient (Wildman–Crippen LogP) is 16.8. The van der Waals surface area contributed by atoms with Gasteiger partial charge in [0.2, 0.25) is 0 Å². The molecule has 0 saturated carbocycles. The summed E-state index contributed by atoms with van der Waals surface area (Å²) < 4.78 is 10.7. The molecule has 0 saturated heterocycles. The fourth-order valence-electron chi connectivity index (χ4n) is 7.91. The average molecular weight is 805 g/mol. The minimum absolute atomic E-state index is 0.0607. The molecule has 1 atom stereocenters. The van der Waals surface area contributed by atoms with Crippen LogP contribution < -0.4 is 0 Å². The average Bonchev–Trinajstić information content (AvgIpc) is 3.21. The molecule has 5 heteroatoms. The lowest BCUT2D eigenvalue weighted by Crippen LogP contribution is -2.28. The zero-order valence-electron chi connectivity index (χ0n) is 38.6. The van der Waals surface area contributed by atoms with Gasteiger partial charge in [0.05, 0.1) is 6.61 Å². The van der Waals surface area contributed by atoms with Gasteiger partial charge in [-0.3, -0.25) is 9.59 Å². The highest BCUT2D eigenvalue weighted by Crippen LogP contribution is 2.17. The van der Waals surface area contributed by atoms with E-state index in [1.807, 2.05) is 0 Å². The van der Waals surface area contributed by atoms with Crippen LogP contribution in [-0.2, 0) is 19.1 Å². The van der Waals surface area contributed by atoms with Crippen molar-refractivity contribution in [3.05, 3.63) is 12.2 Å². The number of aliphatic hydroxyl groups excluding tert-OH is 1. The van der Waals surface area contributed by atoms with Gasteiger partial charge < -0.3 is 14.6 Å². The number of hydrogen-bond acceptors (Lipinski definition) is 5. The van der Waals surface area contributed by atoms with Gasteiger partial charge >= 0.3 is 11.9 Å². The van der Waals surface area contributed by atoms with E-state index in [0.29, 0.717) is 12.8 Å². The van der Waals surface area contributed by atoms with Crippen molar-refractivity contribution < 1.29 is 24.2 Å². The van der Waals surface area contributed by atoms with Crippen LogP contribution in [0.25, 0.3) is 0 Å². The Kier molecular flexibility index (Phi) is 47.8. The van der Waals surface area contributed by atoms with Crippen LogP contribution in [0.4, 0.5) is 0 Å². The molecule has 0 heterocycles. The molecule has 57 heavy (non-hydrogen) atoms. The molecule has 0 rings (SSSR count). The van der Waals surface area contributed by atoms with E-state index in [1.54, 1.807) is 0 Å². The number of carbonyl (C=O) groups is 2. The summed E-state index contributed by atoms with van der Waals surface area (Å²) in [5.74, 6) is -0.577. The summed E-state index contributed by atoms with van der Waals surface area (Å²) in [5.41, 5.74) is 0. The quantitative estimate of drug-likeness (QED) is 0.0377. The van der Waals surface area contributed by atoms with Crippen molar-refractivity contribution in [3.8, 4) is 0 Å². The Bertz CT molecular complexity index is 825. The largest absolute Gasteiger partial charge is 0.462 e. The Labute approximate surface area is 356 Å². The van der Waals surface area contributed by atoms with Crippen molar-refractivity contribution >= 4 is 11.9 Å². The second-order valence-corrected chi connectivity index (χ2v) is 17.6. The van der Waals surface area contributed by atoms with E-state index in [-0.39, 0.29) is 25.2 Å². The third kappa shape index (κ3) is 47.2. The Morgan fingerprint density at radius 2 is 0.649 bits per heavy atom. The first-order valence-electron chi connectivity index (χ1n) is 25.7.